The van der Waals surface area contributed by atoms with Gasteiger partial charge in [0.1, 0.15) is 10.7 Å². The molecule has 188 valence electrons. The molecule has 0 radical (unpaired) electrons. The maximum Gasteiger partial charge on any atom is 0.338 e. The van der Waals surface area contributed by atoms with Crippen molar-refractivity contribution < 1.29 is 23.9 Å². The molecule has 0 atom stereocenters. The Kier molecular flexibility index (Phi) is 8.00. The summed E-state index contributed by atoms with van der Waals surface area (Å²) in [6.45, 7) is 2.33. The lowest BCUT2D eigenvalue weighted by molar-refractivity contribution is -0.120. The lowest BCUT2D eigenvalue weighted by Gasteiger charge is -2.16. The highest BCUT2D eigenvalue weighted by Gasteiger charge is 2.39. The summed E-state index contributed by atoms with van der Waals surface area (Å²) < 4.78 is 4.99. The fraction of sp³-hybridized carbons (Fsp3) is 0.143. The van der Waals surface area contributed by atoms with Gasteiger partial charge in [0.25, 0.3) is 17.7 Å². The Hall–Kier alpha value is -4.43. The second-order valence-electron chi connectivity index (χ2n) is 8.10. The highest BCUT2D eigenvalue weighted by molar-refractivity contribution is 6.53. The predicted molar refractivity (Wildman–Crippen MR) is 140 cm³/mol. The van der Waals surface area contributed by atoms with Crippen LogP contribution in [-0.2, 0) is 20.7 Å². The number of rotatable bonds is 9. The summed E-state index contributed by atoms with van der Waals surface area (Å²) >= 11 is 6.23. The molecule has 0 spiro atoms. The van der Waals surface area contributed by atoms with Crippen LogP contribution < -0.4 is 15.5 Å². The molecule has 0 bridgehead atoms. The van der Waals surface area contributed by atoms with Gasteiger partial charge in [0, 0.05) is 17.8 Å². The van der Waals surface area contributed by atoms with Crippen molar-refractivity contribution in [2.24, 2.45) is 0 Å². The van der Waals surface area contributed by atoms with Crippen LogP contribution in [0.1, 0.15) is 33.2 Å². The number of ether oxygens (including phenoxy) is 1. The topological polar surface area (TPSA) is 105 Å². The lowest BCUT2D eigenvalue weighted by atomic mass is 10.1. The van der Waals surface area contributed by atoms with Crippen molar-refractivity contribution in [2.45, 2.75) is 13.3 Å². The molecule has 0 unspecified atom stereocenters. The third-order valence-corrected chi connectivity index (χ3v) is 5.93. The zero-order chi connectivity index (χ0) is 26.4. The number of nitrogens with one attached hydrogen (secondary N) is 2. The van der Waals surface area contributed by atoms with Crippen LogP contribution in [0.25, 0.3) is 0 Å². The molecule has 1 aliphatic rings. The molecule has 8 nitrogen and oxygen atoms in total. The Morgan fingerprint density at radius 2 is 1.62 bits per heavy atom. The molecule has 1 heterocycles. The molecule has 2 N–H and O–H groups in total. The van der Waals surface area contributed by atoms with Crippen LogP contribution >= 0.6 is 11.6 Å². The van der Waals surface area contributed by atoms with Gasteiger partial charge < -0.3 is 15.4 Å². The molecule has 3 aromatic rings. The van der Waals surface area contributed by atoms with E-state index < -0.39 is 17.8 Å². The minimum Gasteiger partial charge on any atom is -0.462 e. The Bertz CT molecular complexity index is 1390. The predicted octanol–water partition coefficient (Wildman–Crippen LogP) is 4.27. The van der Waals surface area contributed by atoms with Gasteiger partial charge in [0.2, 0.25) is 0 Å². The summed E-state index contributed by atoms with van der Waals surface area (Å²) in [4.78, 5) is 51.6. The quantitative estimate of drug-likeness (QED) is 0.324. The Morgan fingerprint density at radius 3 is 2.38 bits per heavy atom. The van der Waals surface area contributed by atoms with Crippen molar-refractivity contribution in [1.82, 2.24) is 5.32 Å². The Morgan fingerprint density at radius 1 is 0.892 bits per heavy atom. The number of carbonyl (C=O) groups excluding carboxylic acids is 4. The Labute approximate surface area is 218 Å². The average molecular weight is 518 g/mol. The van der Waals surface area contributed by atoms with Crippen LogP contribution in [0, 0.1) is 0 Å². The van der Waals surface area contributed by atoms with Crippen LogP contribution in [0.15, 0.2) is 89.6 Å². The number of amides is 3. The molecule has 0 saturated heterocycles. The van der Waals surface area contributed by atoms with Gasteiger partial charge in [-0.05, 0) is 55.3 Å². The molecule has 0 saturated carbocycles. The maximum atomic E-state index is 13.1. The number of carbonyl (C=O) groups is 4. The van der Waals surface area contributed by atoms with E-state index in [1.54, 1.807) is 37.3 Å². The molecule has 3 amide bonds. The fourth-order valence-electron chi connectivity index (χ4n) is 3.78. The summed E-state index contributed by atoms with van der Waals surface area (Å²) in [6, 6.07) is 22.3. The monoisotopic (exact) mass is 517 g/mol. The SMILES string of the molecule is CCOC(=O)c1cccc(N2C(=O)C(Cl)=C(Nc3cccc(C(=O)NCCc4ccccc4)c3)C2=O)c1. The summed E-state index contributed by atoms with van der Waals surface area (Å²) in [5, 5.41) is 5.44. The third-order valence-electron chi connectivity index (χ3n) is 5.58. The van der Waals surface area contributed by atoms with Gasteiger partial charge in [-0.25, -0.2) is 9.69 Å². The van der Waals surface area contributed by atoms with Gasteiger partial charge in [-0.15, -0.1) is 0 Å². The zero-order valence-corrected chi connectivity index (χ0v) is 20.7. The van der Waals surface area contributed by atoms with Gasteiger partial charge in [-0.2, -0.15) is 0 Å². The molecule has 0 aliphatic carbocycles. The van der Waals surface area contributed by atoms with Gasteiger partial charge in [-0.3, -0.25) is 14.4 Å². The number of esters is 1. The van der Waals surface area contributed by atoms with Gasteiger partial charge in [-0.1, -0.05) is 54.1 Å². The average Bonchev–Trinajstić information content (AvgIpc) is 3.12. The summed E-state index contributed by atoms with van der Waals surface area (Å²) in [6.07, 6.45) is 0.691. The van der Waals surface area contributed by atoms with Crippen LogP contribution in [-0.4, -0.2) is 36.8 Å². The maximum absolute atomic E-state index is 13.1. The van der Waals surface area contributed by atoms with E-state index in [9.17, 15) is 19.2 Å². The largest absolute Gasteiger partial charge is 0.462 e. The van der Waals surface area contributed by atoms with Crippen molar-refractivity contribution in [3.8, 4) is 0 Å². The summed E-state index contributed by atoms with van der Waals surface area (Å²) in [5.74, 6) is -2.26. The van der Waals surface area contributed by atoms with Crippen molar-refractivity contribution in [1.29, 1.82) is 0 Å². The van der Waals surface area contributed by atoms with Crippen LogP contribution in [0.4, 0.5) is 11.4 Å². The molecule has 0 fully saturated rings. The van der Waals surface area contributed by atoms with E-state index in [1.807, 2.05) is 30.3 Å². The third kappa shape index (κ3) is 5.87. The van der Waals surface area contributed by atoms with E-state index in [1.165, 1.54) is 18.2 Å². The van der Waals surface area contributed by atoms with E-state index in [0.29, 0.717) is 24.2 Å². The minimum absolute atomic E-state index is 0.130. The second kappa shape index (κ2) is 11.5. The molecular formula is C28H24ClN3O5. The van der Waals surface area contributed by atoms with E-state index >= 15 is 0 Å². The van der Waals surface area contributed by atoms with Crippen molar-refractivity contribution >= 4 is 46.7 Å². The van der Waals surface area contributed by atoms with Gasteiger partial charge in [0.15, 0.2) is 0 Å². The number of nitrogens with zero attached hydrogens (tertiary/aromatic N) is 1. The highest BCUT2D eigenvalue weighted by atomic mass is 35.5. The number of hydrogen-bond donors (Lipinski definition) is 2. The normalized spacial score (nSPS) is 13.1. The number of benzene rings is 3. The number of imide groups is 1. The standard InChI is InChI=1S/C28H24ClN3O5/c1-2-37-28(36)20-11-7-13-22(17-20)32-26(34)23(29)24(27(32)35)31-21-12-6-10-19(16-21)25(33)30-15-14-18-8-4-3-5-9-18/h3-13,16-17,31H,2,14-15H2,1H3,(H,30,33). The molecule has 9 heteroatoms. The van der Waals surface area contributed by atoms with Crippen molar-refractivity contribution in [2.75, 3.05) is 23.4 Å². The van der Waals surface area contributed by atoms with E-state index in [2.05, 4.69) is 10.6 Å². The van der Waals surface area contributed by atoms with Crippen LogP contribution in [0.2, 0.25) is 0 Å². The molecule has 1 aliphatic heterocycles. The van der Waals surface area contributed by atoms with E-state index in [-0.39, 0.29) is 34.5 Å². The zero-order valence-electron chi connectivity index (χ0n) is 20.0. The second-order valence-corrected chi connectivity index (χ2v) is 8.48. The van der Waals surface area contributed by atoms with E-state index in [4.69, 9.17) is 16.3 Å². The van der Waals surface area contributed by atoms with Crippen LogP contribution in [0.3, 0.4) is 0 Å². The van der Waals surface area contributed by atoms with Gasteiger partial charge in [0.05, 0.1) is 17.9 Å². The smallest absolute Gasteiger partial charge is 0.338 e. The summed E-state index contributed by atoms with van der Waals surface area (Å²) in [5.41, 5.74) is 2.15. The first kappa shape index (κ1) is 25.7. The first-order valence-electron chi connectivity index (χ1n) is 11.6. The lowest BCUT2D eigenvalue weighted by Crippen LogP contribution is -2.32. The van der Waals surface area contributed by atoms with Gasteiger partial charge >= 0.3 is 5.97 Å². The molecule has 0 aromatic heterocycles. The minimum atomic E-state index is -0.731. The first-order valence-corrected chi connectivity index (χ1v) is 12.0. The number of halogens is 1. The number of anilines is 2. The number of hydrogen-bond acceptors (Lipinski definition) is 6. The molecule has 4 rings (SSSR count). The van der Waals surface area contributed by atoms with Crippen LogP contribution in [0.5, 0.6) is 0 Å². The van der Waals surface area contributed by atoms with E-state index in [0.717, 1.165) is 10.5 Å². The Balaban J connectivity index is 1.45. The summed E-state index contributed by atoms with van der Waals surface area (Å²) in [7, 11) is 0. The van der Waals surface area contributed by atoms with Crippen molar-refractivity contribution in [3.05, 3.63) is 106 Å². The highest BCUT2D eigenvalue weighted by Crippen LogP contribution is 2.30. The van der Waals surface area contributed by atoms with Crippen molar-refractivity contribution in [3.63, 3.8) is 0 Å². The fourth-order valence-corrected chi connectivity index (χ4v) is 3.99. The molecule has 3 aromatic carbocycles. The molecular weight excluding hydrogens is 494 g/mol. The molecule has 37 heavy (non-hydrogen) atoms. The first-order chi connectivity index (χ1) is 17.9.